The molecular formula is C15H18N6O3S. The summed E-state index contributed by atoms with van der Waals surface area (Å²) >= 11 is 1.14. The number of piperidine rings is 1. The number of nitrogens with zero attached hydrogens (tertiary/aromatic N) is 4. The van der Waals surface area contributed by atoms with E-state index in [1.807, 2.05) is 0 Å². The van der Waals surface area contributed by atoms with Gasteiger partial charge in [-0.05, 0) is 43.3 Å². The van der Waals surface area contributed by atoms with Crippen LogP contribution in [-0.2, 0) is 7.05 Å². The Labute approximate surface area is 148 Å². The molecule has 10 heteroatoms. The molecule has 0 bridgehead atoms. The Balaban J connectivity index is 1.79. The highest BCUT2D eigenvalue weighted by Crippen LogP contribution is 2.34. The molecule has 25 heavy (non-hydrogen) atoms. The Bertz CT molecular complexity index is 787. The van der Waals surface area contributed by atoms with E-state index < -0.39 is 4.92 Å². The molecule has 1 aromatic heterocycles. The molecule has 1 unspecified atom stereocenters. The van der Waals surface area contributed by atoms with Crippen molar-refractivity contribution in [2.45, 2.75) is 28.9 Å². The van der Waals surface area contributed by atoms with E-state index in [1.54, 1.807) is 23.7 Å². The highest BCUT2D eigenvalue weighted by atomic mass is 32.2. The number of carbonyl (C=O) groups excluding carboxylic acids is 1. The summed E-state index contributed by atoms with van der Waals surface area (Å²) in [7, 11) is 1.76. The predicted molar refractivity (Wildman–Crippen MR) is 91.6 cm³/mol. The van der Waals surface area contributed by atoms with Crippen LogP contribution in [-0.4, -0.2) is 44.7 Å². The van der Waals surface area contributed by atoms with Crippen molar-refractivity contribution in [2.75, 3.05) is 13.1 Å². The predicted octanol–water partition coefficient (Wildman–Crippen LogP) is 1.36. The van der Waals surface area contributed by atoms with Crippen molar-refractivity contribution >= 4 is 23.4 Å². The van der Waals surface area contributed by atoms with Crippen molar-refractivity contribution in [1.82, 2.24) is 25.4 Å². The molecular weight excluding hydrogens is 344 g/mol. The fourth-order valence-electron chi connectivity index (χ4n) is 2.59. The van der Waals surface area contributed by atoms with E-state index >= 15 is 0 Å². The van der Waals surface area contributed by atoms with Crippen LogP contribution < -0.4 is 10.6 Å². The molecule has 2 aromatic rings. The van der Waals surface area contributed by atoms with Gasteiger partial charge in [0.1, 0.15) is 6.33 Å². The summed E-state index contributed by atoms with van der Waals surface area (Å²) in [5.41, 5.74) is 0.155. The Hall–Kier alpha value is -2.46. The minimum atomic E-state index is -0.488. The number of carbonyl (C=O) groups is 1. The van der Waals surface area contributed by atoms with Gasteiger partial charge in [-0.3, -0.25) is 14.9 Å². The maximum atomic E-state index is 12.4. The minimum Gasteiger partial charge on any atom is -0.348 e. The van der Waals surface area contributed by atoms with Crippen molar-refractivity contribution in [3.8, 4) is 0 Å². The molecule has 0 spiro atoms. The summed E-state index contributed by atoms with van der Waals surface area (Å²) in [6.07, 6.45) is 3.42. The Morgan fingerprint density at radius 2 is 2.36 bits per heavy atom. The van der Waals surface area contributed by atoms with E-state index in [4.69, 9.17) is 0 Å². The van der Waals surface area contributed by atoms with Gasteiger partial charge in [0.15, 0.2) is 5.16 Å². The highest BCUT2D eigenvalue weighted by molar-refractivity contribution is 7.99. The second-order valence-electron chi connectivity index (χ2n) is 5.78. The fourth-order valence-corrected chi connectivity index (χ4v) is 3.44. The van der Waals surface area contributed by atoms with E-state index in [2.05, 4.69) is 20.8 Å². The molecule has 1 atom stereocenters. The number of rotatable bonds is 5. The summed E-state index contributed by atoms with van der Waals surface area (Å²) in [5, 5.41) is 25.7. The van der Waals surface area contributed by atoms with E-state index in [0.29, 0.717) is 16.6 Å². The van der Waals surface area contributed by atoms with Crippen LogP contribution in [0.2, 0.25) is 0 Å². The minimum absolute atomic E-state index is 0.0491. The zero-order valence-corrected chi connectivity index (χ0v) is 14.5. The summed E-state index contributed by atoms with van der Waals surface area (Å²) in [6, 6.07) is 4.53. The van der Waals surface area contributed by atoms with Crippen LogP contribution in [0.4, 0.5) is 5.69 Å². The fraction of sp³-hybridized carbons (Fsp3) is 0.400. The maximum absolute atomic E-state index is 12.4. The third-order valence-corrected chi connectivity index (χ3v) is 5.04. The van der Waals surface area contributed by atoms with E-state index in [0.717, 1.165) is 31.1 Å². The first-order chi connectivity index (χ1) is 12.0. The molecule has 1 amide bonds. The van der Waals surface area contributed by atoms with Crippen molar-refractivity contribution in [3.63, 3.8) is 0 Å². The number of amides is 1. The Morgan fingerprint density at radius 1 is 1.52 bits per heavy atom. The average molecular weight is 362 g/mol. The smallest absolute Gasteiger partial charge is 0.284 e. The number of nitro benzene ring substituents is 1. The van der Waals surface area contributed by atoms with Crippen LogP contribution >= 0.6 is 11.8 Å². The van der Waals surface area contributed by atoms with E-state index in [9.17, 15) is 14.9 Å². The van der Waals surface area contributed by atoms with Gasteiger partial charge in [0.05, 0.1) is 9.82 Å². The van der Waals surface area contributed by atoms with Crippen molar-refractivity contribution < 1.29 is 9.72 Å². The second kappa shape index (κ2) is 7.62. The van der Waals surface area contributed by atoms with Gasteiger partial charge in [0.2, 0.25) is 0 Å². The second-order valence-corrected chi connectivity index (χ2v) is 6.79. The van der Waals surface area contributed by atoms with Gasteiger partial charge >= 0.3 is 0 Å². The monoisotopic (exact) mass is 362 g/mol. The van der Waals surface area contributed by atoms with Gasteiger partial charge in [-0.1, -0.05) is 0 Å². The molecule has 2 N–H and O–H groups in total. The van der Waals surface area contributed by atoms with E-state index in [-0.39, 0.29) is 23.2 Å². The quantitative estimate of drug-likeness (QED) is 0.609. The van der Waals surface area contributed by atoms with Crippen LogP contribution in [0.1, 0.15) is 23.2 Å². The van der Waals surface area contributed by atoms with Gasteiger partial charge in [0, 0.05) is 31.3 Å². The molecule has 0 radical (unpaired) electrons. The molecule has 3 rings (SSSR count). The first-order valence-electron chi connectivity index (χ1n) is 7.86. The van der Waals surface area contributed by atoms with Crippen molar-refractivity contribution in [3.05, 3.63) is 40.2 Å². The van der Waals surface area contributed by atoms with Crippen molar-refractivity contribution in [1.29, 1.82) is 0 Å². The maximum Gasteiger partial charge on any atom is 0.284 e. The zero-order valence-electron chi connectivity index (χ0n) is 13.6. The average Bonchev–Trinajstić information content (AvgIpc) is 3.00. The zero-order chi connectivity index (χ0) is 17.8. The summed E-state index contributed by atoms with van der Waals surface area (Å²) in [4.78, 5) is 23.7. The third kappa shape index (κ3) is 4.15. The summed E-state index contributed by atoms with van der Waals surface area (Å²) < 4.78 is 1.67. The number of nitrogens with one attached hydrogen (secondary N) is 2. The Morgan fingerprint density at radius 3 is 3.00 bits per heavy atom. The Kier molecular flexibility index (Phi) is 5.29. The lowest BCUT2D eigenvalue weighted by Crippen LogP contribution is -2.45. The van der Waals surface area contributed by atoms with Crippen LogP contribution in [0.5, 0.6) is 0 Å². The highest BCUT2D eigenvalue weighted by Gasteiger charge is 2.22. The topological polar surface area (TPSA) is 115 Å². The van der Waals surface area contributed by atoms with Crippen LogP contribution in [0.25, 0.3) is 0 Å². The summed E-state index contributed by atoms with van der Waals surface area (Å²) in [5.74, 6) is -0.299. The van der Waals surface area contributed by atoms with Crippen LogP contribution in [0.3, 0.4) is 0 Å². The molecule has 9 nitrogen and oxygen atoms in total. The number of aryl methyl sites for hydroxylation is 1. The van der Waals surface area contributed by atoms with Crippen LogP contribution in [0, 0.1) is 10.1 Å². The lowest BCUT2D eigenvalue weighted by molar-refractivity contribution is -0.387. The largest absolute Gasteiger partial charge is 0.348 e. The molecule has 132 valence electrons. The molecule has 0 aliphatic carbocycles. The number of aromatic nitrogens is 3. The van der Waals surface area contributed by atoms with E-state index in [1.165, 1.54) is 12.4 Å². The van der Waals surface area contributed by atoms with Gasteiger partial charge in [-0.2, -0.15) is 0 Å². The molecule has 1 saturated heterocycles. The molecule has 1 aromatic carbocycles. The first kappa shape index (κ1) is 17.4. The number of benzene rings is 1. The molecule has 1 fully saturated rings. The first-order valence-corrected chi connectivity index (χ1v) is 8.68. The van der Waals surface area contributed by atoms with Gasteiger partial charge < -0.3 is 15.2 Å². The van der Waals surface area contributed by atoms with Gasteiger partial charge in [0.25, 0.3) is 11.6 Å². The normalized spacial score (nSPS) is 17.2. The molecule has 2 heterocycles. The molecule has 1 aliphatic heterocycles. The number of nitro groups is 1. The lowest BCUT2D eigenvalue weighted by atomic mass is 10.1. The molecule has 0 saturated carbocycles. The van der Waals surface area contributed by atoms with Gasteiger partial charge in [-0.15, -0.1) is 10.2 Å². The van der Waals surface area contributed by atoms with Crippen LogP contribution in [0.15, 0.2) is 34.6 Å². The third-order valence-electron chi connectivity index (χ3n) is 3.92. The number of hydrogen-bond donors (Lipinski definition) is 2. The molecule has 1 aliphatic rings. The standard InChI is InChI=1S/C15H18N6O3S/c1-20-9-17-19-15(20)25-13-5-4-10(7-12(13)21(23)24)14(22)18-11-3-2-6-16-8-11/h4-5,7,9,11,16H,2-3,6,8H2,1H3,(H,18,22). The number of hydrogen-bond acceptors (Lipinski definition) is 7. The lowest BCUT2D eigenvalue weighted by Gasteiger charge is -2.23. The SMILES string of the molecule is Cn1cnnc1Sc1ccc(C(=O)NC2CCCNC2)cc1[N+](=O)[O-]. The summed E-state index contributed by atoms with van der Waals surface area (Å²) in [6.45, 7) is 1.67. The van der Waals surface area contributed by atoms with Gasteiger partial charge in [-0.25, -0.2) is 0 Å². The van der Waals surface area contributed by atoms with Crippen molar-refractivity contribution in [2.24, 2.45) is 7.05 Å².